The fourth-order valence-corrected chi connectivity index (χ4v) is 3.76. The van der Waals surface area contributed by atoms with Gasteiger partial charge in [0.05, 0.1) is 24.9 Å². The molecule has 0 N–H and O–H groups in total. The minimum Gasteiger partial charge on any atom is -0.298 e. The number of likely N-dealkylation sites (tertiary alicyclic amines) is 1. The predicted molar refractivity (Wildman–Crippen MR) is 106 cm³/mol. The van der Waals surface area contributed by atoms with Gasteiger partial charge in [-0.3, -0.25) is 24.3 Å². The first-order valence-electron chi connectivity index (χ1n) is 9.74. The molecule has 0 amide bonds. The number of piperidine rings is 1. The second-order valence-electron chi connectivity index (χ2n) is 7.66. The van der Waals surface area contributed by atoms with E-state index in [4.69, 9.17) is 0 Å². The van der Waals surface area contributed by atoms with Crippen molar-refractivity contribution in [3.8, 4) is 11.3 Å². The molecule has 29 heavy (non-hydrogen) atoms. The normalized spacial score (nSPS) is 16.0. The van der Waals surface area contributed by atoms with Gasteiger partial charge in [-0.25, -0.2) is 8.78 Å². The lowest BCUT2D eigenvalue weighted by molar-refractivity contribution is -0.120. The summed E-state index contributed by atoms with van der Waals surface area (Å²) in [6.07, 6.45) is 6.02. The Bertz CT molecular complexity index is 1010. The molecule has 0 saturated carbocycles. The van der Waals surface area contributed by atoms with E-state index in [0.29, 0.717) is 31.6 Å². The first-order chi connectivity index (χ1) is 14.0. The summed E-state index contributed by atoms with van der Waals surface area (Å²) in [5, 5.41) is 6.05. The number of carbonyl (C=O) groups excluding carboxylic acids is 1. The quantitative estimate of drug-likeness (QED) is 0.637. The monoisotopic (exact) mass is 399 g/mol. The summed E-state index contributed by atoms with van der Waals surface area (Å²) in [7, 11) is 1.86. The van der Waals surface area contributed by atoms with Crippen LogP contribution in [-0.2, 0) is 18.3 Å². The Morgan fingerprint density at radius 2 is 1.90 bits per heavy atom. The number of carbonyl (C=O) groups is 1. The first-order valence-corrected chi connectivity index (χ1v) is 9.74. The zero-order valence-electron chi connectivity index (χ0n) is 16.3. The molecule has 152 valence electrons. The molecule has 4 heterocycles. The Kier molecular flexibility index (Phi) is 5.62. The molecule has 6 nitrogen and oxygen atoms in total. The second kappa shape index (κ2) is 8.32. The van der Waals surface area contributed by atoms with Crippen molar-refractivity contribution in [3.63, 3.8) is 0 Å². The number of aromatic nitrogens is 4. The van der Waals surface area contributed by atoms with E-state index in [9.17, 15) is 13.6 Å². The van der Waals surface area contributed by atoms with E-state index in [1.165, 1.54) is 0 Å². The number of ketones is 1. The van der Waals surface area contributed by atoms with Crippen molar-refractivity contribution in [3.05, 3.63) is 42.6 Å². The highest BCUT2D eigenvalue weighted by Gasteiger charge is 2.26. The maximum absolute atomic E-state index is 12.8. The van der Waals surface area contributed by atoms with E-state index in [1.54, 1.807) is 23.3 Å². The van der Waals surface area contributed by atoms with E-state index in [2.05, 4.69) is 15.1 Å². The largest absolute Gasteiger partial charge is 0.298 e. The maximum atomic E-state index is 12.8. The molecule has 0 bridgehead atoms. The summed E-state index contributed by atoms with van der Waals surface area (Å²) in [5.41, 5.74) is 2.44. The lowest BCUT2D eigenvalue weighted by Gasteiger charge is -2.30. The standard InChI is InChI=1S/C21H23F2N5O/c1-27-12-17(11-26-27)20-7-15-6-18(24-9-16(15)10-25-20)8-19(29)13-28-4-2-14(3-5-28)21(22)23/h6-7,9-12,14,21H,2-5,8,13H2,1H3. The van der Waals surface area contributed by atoms with Gasteiger partial charge >= 0.3 is 0 Å². The Hall–Kier alpha value is -2.74. The van der Waals surface area contributed by atoms with Gasteiger partial charge < -0.3 is 0 Å². The highest BCUT2D eigenvalue weighted by atomic mass is 19.3. The lowest BCUT2D eigenvalue weighted by atomic mass is 9.97. The second-order valence-corrected chi connectivity index (χ2v) is 7.66. The molecule has 0 atom stereocenters. The maximum Gasteiger partial charge on any atom is 0.241 e. The number of halogens is 2. The molecule has 0 spiro atoms. The molecule has 0 aliphatic carbocycles. The number of alkyl halides is 2. The van der Waals surface area contributed by atoms with Crippen molar-refractivity contribution in [2.24, 2.45) is 13.0 Å². The van der Waals surface area contributed by atoms with Crippen molar-refractivity contribution in [2.75, 3.05) is 19.6 Å². The summed E-state index contributed by atoms with van der Waals surface area (Å²) in [5.74, 6) is -0.486. The Balaban J connectivity index is 1.42. The Morgan fingerprint density at radius 3 is 2.59 bits per heavy atom. The van der Waals surface area contributed by atoms with Crippen molar-refractivity contribution in [1.82, 2.24) is 24.6 Å². The highest BCUT2D eigenvalue weighted by Crippen LogP contribution is 2.24. The molecule has 0 aromatic carbocycles. The molecule has 1 fully saturated rings. The number of aryl methyl sites for hydroxylation is 1. The third kappa shape index (κ3) is 4.64. The van der Waals surface area contributed by atoms with Gasteiger partial charge in [0, 0.05) is 48.2 Å². The van der Waals surface area contributed by atoms with Crippen LogP contribution >= 0.6 is 0 Å². The van der Waals surface area contributed by atoms with Crippen LogP contribution in [0.3, 0.4) is 0 Å². The summed E-state index contributed by atoms with van der Waals surface area (Å²) in [4.78, 5) is 23.3. The van der Waals surface area contributed by atoms with Gasteiger partial charge in [-0.2, -0.15) is 5.10 Å². The van der Waals surface area contributed by atoms with E-state index in [-0.39, 0.29) is 18.7 Å². The van der Waals surface area contributed by atoms with Gasteiger partial charge in [-0.1, -0.05) is 0 Å². The Morgan fingerprint density at radius 1 is 1.14 bits per heavy atom. The van der Waals surface area contributed by atoms with Gasteiger partial charge in [-0.15, -0.1) is 0 Å². The fourth-order valence-electron chi connectivity index (χ4n) is 3.76. The average molecular weight is 399 g/mol. The minimum atomic E-state index is -2.26. The zero-order valence-corrected chi connectivity index (χ0v) is 16.3. The number of hydrogen-bond acceptors (Lipinski definition) is 5. The third-order valence-corrected chi connectivity index (χ3v) is 5.43. The van der Waals surface area contributed by atoms with Crippen LogP contribution in [0.5, 0.6) is 0 Å². The van der Waals surface area contributed by atoms with Crippen LogP contribution in [-0.4, -0.2) is 56.5 Å². The van der Waals surface area contributed by atoms with Gasteiger partial charge in [0.2, 0.25) is 6.43 Å². The van der Waals surface area contributed by atoms with E-state index < -0.39 is 12.3 Å². The van der Waals surface area contributed by atoms with Crippen molar-refractivity contribution >= 4 is 16.6 Å². The first kappa shape index (κ1) is 19.6. The van der Waals surface area contributed by atoms with Crippen LogP contribution in [0.25, 0.3) is 22.0 Å². The van der Waals surface area contributed by atoms with Gasteiger partial charge in [0.15, 0.2) is 5.78 Å². The molecular formula is C21H23F2N5O. The summed E-state index contributed by atoms with van der Waals surface area (Å²) in [6, 6.07) is 3.88. The molecule has 0 radical (unpaired) electrons. The van der Waals surface area contributed by atoms with Crippen molar-refractivity contribution < 1.29 is 13.6 Å². The zero-order chi connectivity index (χ0) is 20.4. The van der Waals surface area contributed by atoms with E-state index >= 15 is 0 Å². The van der Waals surface area contributed by atoms with Crippen LogP contribution in [0, 0.1) is 5.92 Å². The third-order valence-electron chi connectivity index (χ3n) is 5.43. The number of nitrogens with zero attached hydrogens (tertiary/aromatic N) is 5. The number of rotatable bonds is 6. The molecule has 3 aromatic heterocycles. The molecule has 3 aromatic rings. The van der Waals surface area contributed by atoms with Gasteiger partial charge in [0.25, 0.3) is 0 Å². The van der Waals surface area contributed by atoms with Crippen LogP contribution in [0.1, 0.15) is 18.5 Å². The van der Waals surface area contributed by atoms with Crippen LogP contribution in [0.2, 0.25) is 0 Å². The number of Topliss-reactive ketones (excluding diaryl/α,β-unsaturated/α-hetero) is 1. The van der Waals surface area contributed by atoms with Crippen LogP contribution in [0.15, 0.2) is 36.9 Å². The van der Waals surface area contributed by atoms with Crippen molar-refractivity contribution in [2.45, 2.75) is 25.7 Å². The molecule has 1 saturated heterocycles. The number of pyridine rings is 2. The summed E-state index contributed by atoms with van der Waals surface area (Å²) < 4.78 is 27.2. The molecule has 1 aliphatic rings. The van der Waals surface area contributed by atoms with Crippen LogP contribution in [0.4, 0.5) is 8.78 Å². The van der Waals surface area contributed by atoms with E-state index in [0.717, 1.165) is 22.0 Å². The number of fused-ring (bicyclic) bond motifs is 1. The smallest absolute Gasteiger partial charge is 0.241 e. The highest BCUT2D eigenvalue weighted by molar-refractivity contribution is 5.87. The summed E-state index contributed by atoms with van der Waals surface area (Å²) in [6.45, 7) is 1.38. The molecule has 8 heteroatoms. The van der Waals surface area contributed by atoms with Gasteiger partial charge in [0.1, 0.15) is 0 Å². The van der Waals surface area contributed by atoms with Crippen LogP contribution < -0.4 is 0 Å². The Labute approximate surface area is 167 Å². The molecule has 1 aliphatic heterocycles. The fraction of sp³-hybridized carbons (Fsp3) is 0.429. The molecule has 0 unspecified atom stereocenters. The lowest BCUT2D eigenvalue weighted by Crippen LogP contribution is -2.39. The van der Waals surface area contributed by atoms with Crippen molar-refractivity contribution in [1.29, 1.82) is 0 Å². The SMILES string of the molecule is Cn1cc(-c2cc3cc(CC(=O)CN4CCC(C(F)F)CC4)ncc3cn2)cn1. The topological polar surface area (TPSA) is 63.9 Å². The molecular weight excluding hydrogens is 376 g/mol. The van der Waals surface area contributed by atoms with E-state index in [1.807, 2.05) is 30.3 Å². The number of hydrogen-bond donors (Lipinski definition) is 0. The summed E-state index contributed by atoms with van der Waals surface area (Å²) >= 11 is 0. The predicted octanol–water partition coefficient (Wildman–Crippen LogP) is 3.12. The van der Waals surface area contributed by atoms with Gasteiger partial charge in [-0.05, 0) is 43.5 Å². The minimum absolute atomic E-state index is 0.0499. The average Bonchev–Trinajstić information content (AvgIpc) is 3.14. The molecule has 4 rings (SSSR count).